The number of carbonyl (C=O) groups excluding carboxylic acids is 1. The predicted octanol–water partition coefficient (Wildman–Crippen LogP) is 1.98. The summed E-state index contributed by atoms with van der Waals surface area (Å²) in [5.74, 6) is -0.632. The van der Waals surface area contributed by atoms with E-state index in [0.717, 1.165) is 36.1 Å². The van der Waals surface area contributed by atoms with Crippen molar-refractivity contribution < 1.29 is 14.7 Å². The quantitative estimate of drug-likeness (QED) is 0.855. The average molecular weight is 245 g/mol. The number of carboxylic acid groups (broad SMARTS) is 1. The molecule has 1 amide bonds. The molecule has 0 bridgehead atoms. The van der Waals surface area contributed by atoms with Gasteiger partial charge >= 0.3 is 5.97 Å². The summed E-state index contributed by atoms with van der Waals surface area (Å²) in [5, 5.41) is 12.0. The zero-order valence-electron chi connectivity index (χ0n) is 10.0. The molecule has 4 nitrogen and oxygen atoms in total. The van der Waals surface area contributed by atoms with Gasteiger partial charge in [0.2, 0.25) is 5.91 Å². The van der Waals surface area contributed by atoms with Gasteiger partial charge < -0.3 is 10.4 Å². The lowest BCUT2D eigenvalue weighted by molar-refractivity contribution is -0.143. The van der Waals surface area contributed by atoms with Gasteiger partial charge in [0, 0.05) is 12.1 Å². The van der Waals surface area contributed by atoms with Crippen LogP contribution in [0.15, 0.2) is 18.2 Å². The summed E-state index contributed by atoms with van der Waals surface area (Å²) in [7, 11) is 0. The fourth-order valence-electron chi connectivity index (χ4n) is 2.55. The van der Waals surface area contributed by atoms with Crippen molar-refractivity contribution in [1.82, 2.24) is 0 Å². The lowest BCUT2D eigenvalue weighted by atomic mass is 9.93. The van der Waals surface area contributed by atoms with E-state index in [1.807, 2.05) is 18.2 Å². The van der Waals surface area contributed by atoms with E-state index >= 15 is 0 Å². The number of carbonyl (C=O) groups is 2. The third-order valence-electron chi connectivity index (χ3n) is 3.91. The molecule has 0 radical (unpaired) electrons. The second-order valence-electron chi connectivity index (χ2n) is 5.30. The summed E-state index contributed by atoms with van der Waals surface area (Å²) in [6.45, 7) is 0. The maximum Gasteiger partial charge on any atom is 0.309 e. The van der Waals surface area contributed by atoms with Crippen molar-refractivity contribution in [2.75, 3.05) is 5.32 Å². The molecule has 1 heterocycles. The summed E-state index contributed by atoms with van der Waals surface area (Å²) in [5.41, 5.74) is 2.53. The Morgan fingerprint density at radius 3 is 2.78 bits per heavy atom. The van der Waals surface area contributed by atoms with Gasteiger partial charge in [-0.3, -0.25) is 9.59 Å². The van der Waals surface area contributed by atoms with Crippen LogP contribution in [0.4, 0.5) is 5.69 Å². The van der Waals surface area contributed by atoms with Gasteiger partial charge in [-0.15, -0.1) is 0 Å². The number of fused-ring (bicyclic) bond motifs is 1. The summed E-state index contributed by atoms with van der Waals surface area (Å²) < 4.78 is 0. The average Bonchev–Trinajstić information content (AvgIpc) is 3.10. The van der Waals surface area contributed by atoms with Crippen LogP contribution in [0.1, 0.15) is 30.4 Å². The number of rotatable bonds is 3. The third-order valence-corrected chi connectivity index (χ3v) is 3.91. The minimum atomic E-state index is -0.687. The van der Waals surface area contributed by atoms with E-state index in [4.69, 9.17) is 0 Å². The van der Waals surface area contributed by atoms with Crippen LogP contribution >= 0.6 is 0 Å². The standard InChI is InChI=1S/C14H15NO3/c16-12-4-2-10-7-9(1-3-11(10)15-12)8-14(5-6-14)13(17)18/h1,3,7H,2,4-6,8H2,(H,15,16)(H,17,18). The summed E-state index contributed by atoms with van der Waals surface area (Å²) in [6, 6.07) is 5.85. The van der Waals surface area contributed by atoms with Gasteiger partial charge in [-0.05, 0) is 42.9 Å². The highest BCUT2D eigenvalue weighted by Gasteiger charge is 2.49. The monoisotopic (exact) mass is 245 g/mol. The van der Waals surface area contributed by atoms with Crippen LogP contribution in [0.5, 0.6) is 0 Å². The van der Waals surface area contributed by atoms with Gasteiger partial charge in [-0.2, -0.15) is 0 Å². The fraction of sp³-hybridized carbons (Fsp3) is 0.429. The first-order chi connectivity index (χ1) is 8.59. The number of anilines is 1. The first-order valence-electron chi connectivity index (χ1n) is 6.24. The zero-order valence-corrected chi connectivity index (χ0v) is 10.0. The van der Waals surface area contributed by atoms with Gasteiger partial charge in [-0.1, -0.05) is 12.1 Å². The number of benzene rings is 1. The van der Waals surface area contributed by atoms with E-state index in [9.17, 15) is 14.7 Å². The van der Waals surface area contributed by atoms with Crippen LogP contribution in [0.25, 0.3) is 0 Å². The van der Waals surface area contributed by atoms with Gasteiger partial charge in [-0.25, -0.2) is 0 Å². The SMILES string of the molecule is O=C1CCc2cc(CC3(C(=O)O)CC3)ccc2N1. The Kier molecular flexibility index (Phi) is 2.40. The fourth-order valence-corrected chi connectivity index (χ4v) is 2.55. The summed E-state index contributed by atoms with van der Waals surface area (Å²) in [4.78, 5) is 22.4. The Balaban J connectivity index is 1.83. The molecule has 1 aliphatic carbocycles. The van der Waals surface area contributed by atoms with Crippen molar-refractivity contribution >= 4 is 17.6 Å². The van der Waals surface area contributed by atoms with E-state index < -0.39 is 11.4 Å². The maximum atomic E-state index is 11.3. The van der Waals surface area contributed by atoms with Gasteiger partial charge in [0.15, 0.2) is 0 Å². The molecule has 3 rings (SSSR count). The molecule has 1 aromatic rings. The van der Waals surface area contributed by atoms with Crippen LogP contribution in [-0.4, -0.2) is 17.0 Å². The van der Waals surface area contributed by atoms with E-state index in [2.05, 4.69) is 5.32 Å². The first kappa shape index (κ1) is 11.3. The van der Waals surface area contributed by atoms with Crippen LogP contribution in [0, 0.1) is 5.41 Å². The number of hydrogen-bond acceptors (Lipinski definition) is 2. The van der Waals surface area contributed by atoms with E-state index in [0.29, 0.717) is 12.8 Å². The highest BCUT2D eigenvalue weighted by molar-refractivity contribution is 5.93. The molecule has 0 unspecified atom stereocenters. The van der Waals surface area contributed by atoms with Crippen molar-refractivity contribution in [3.05, 3.63) is 29.3 Å². The normalized spacial score (nSPS) is 19.9. The highest BCUT2D eigenvalue weighted by Crippen LogP contribution is 2.48. The lowest BCUT2D eigenvalue weighted by Gasteiger charge is -2.18. The Morgan fingerprint density at radius 2 is 2.11 bits per heavy atom. The van der Waals surface area contributed by atoms with Crippen LogP contribution in [0.3, 0.4) is 0 Å². The van der Waals surface area contributed by atoms with Crippen molar-refractivity contribution in [3.63, 3.8) is 0 Å². The van der Waals surface area contributed by atoms with E-state index in [-0.39, 0.29) is 5.91 Å². The molecule has 0 atom stereocenters. The summed E-state index contributed by atoms with van der Waals surface area (Å²) >= 11 is 0. The molecule has 1 aromatic carbocycles. The molecule has 0 saturated heterocycles. The molecule has 2 aliphatic rings. The topological polar surface area (TPSA) is 66.4 Å². The molecule has 2 N–H and O–H groups in total. The number of nitrogens with one attached hydrogen (secondary N) is 1. The number of amides is 1. The number of carboxylic acids is 1. The second-order valence-corrected chi connectivity index (χ2v) is 5.30. The van der Waals surface area contributed by atoms with Crippen molar-refractivity contribution in [2.45, 2.75) is 32.1 Å². The molecule has 0 aromatic heterocycles. The number of aliphatic carboxylic acids is 1. The summed E-state index contributed by atoms with van der Waals surface area (Å²) in [6.07, 6.45) is 3.41. The molecule has 1 fully saturated rings. The minimum absolute atomic E-state index is 0.0550. The predicted molar refractivity (Wildman–Crippen MR) is 66.4 cm³/mol. The zero-order chi connectivity index (χ0) is 12.8. The third kappa shape index (κ3) is 1.88. The van der Waals surface area contributed by atoms with Crippen molar-refractivity contribution in [3.8, 4) is 0 Å². The molecule has 1 saturated carbocycles. The molecular formula is C14H15NO3. The van der Waals surface area contributed by atoms with Crippen molar-refractivity contribution in [2.24, 2.45) is 5.41 Å². The van der Waals surface area contributed by atoms with Gasteiger partial charge in [0.25, 0.3) is 0 Å². The minimum Gasteiger partial charge on any atom is -0.481 e. The number of hydrogen-bond donors (Lipinski definition) is 2. The molecule has 4 heteroatoms. The van der Waals surface area contributed by atoms with Gasteiger partial charge in [0.1, 0.15) is 0 Å². The smallest absolute Gasteiger partial charge is 0.309 e. The van der Waals surface area contributed by atoms with E-state index in [1.165, 1.54) is 0 Å². The lowest BCUT2D eigenvalue weighted by Crippen LogP contribution is -2.20. The Hall–Kier alpha value is -1.84. The molecule has 1 aliphatic heterocycles. The van der Waals surface area contributed by atoms with Crippen LogP contribution < -0.4 is 5.32 Å². The van der Waals surface area contributed by atoms with Crippen molar-refractivity contribution in [1.29, 1.82) is 0 Å². The largest absolute Gasteiger partial charge is 0.481 e. The number of aryl methyl sites for hydroxylation is 1. The Bertz CT molecular complexity index is 532. The molecule has 18 heavy (non-hydrogen) atoms. The maximum absolute atomic E-state index is 11.3. The van der Waals surface area contributed by atoms with E-state index in [1.54, 1.807) is 0 Å². The highest BCUT2D eigenvalue weighted by atomic mass is 16.4. The Morgan fingerprint density at radius 1 is 1.33 bits per heavy atom. The second kappa shape index (κ2) is 3.83. The molecule has 0 spiro atoms. The first-order valence-corrected chi connectivity index (χ1v) is 6.24. The van der Waals surface area contributed by atoms with Crippen LogP contribution in [0.2, 0.25) is 0 Å². The van der Waals surface area contributed by atoms with Gasteiger partial charge in [0.05, 0.1) is 5.41 Å². The van der Waals surface area contributed by atoms with Crippen LogP contribution in [-0.2, 0) is 22.4 Å². The molecular weight excluding hydrogens is 230 g/mol. The molecule has 94 valence electrons. The Labute approximate surface area is 105 Å².